The van der Waals surface area contributed by atoms with Crippen LogP contribution >= 0.6 is 0 Å². The molecular formula is C9H14O7. The molecule has 0 aliphatic carbocycles. The molecule has 0 saturated carbocycles. The molecule has 1 atom stereocenters. The lowest BCUT2D eigenvalue weighted by atomic mass is 10.6. The van der Waals surface area contributed by atoms with Crippen LogP contribution in [0.1, 0.15) is 13.8 Å². The fourth-order valence-corrected chi connectivity index (χ4v) is 0.744. The van der Waals surface area contributed by atoms with E-state index in [9.17, 15) is 14.4 Å². The van der Waals surface area contributed by atoms with E-state index in [1.165, 1.54) is 0 Å². The zero-order valence-corrected chi connectivity index (χ0v) is 9.35. The first-order valence-electron chi connectivity index (χ1n) is 4.53. The minimum absolute atomic E-state index is 0.193. The Kier molecular flexibility index (Phi) is 6.86. The van der Waals surface area contributed by atoms with Crippen LogP contribution in [0.3, 0.4) is 0 Å². The van der Waals surface area contributed by atoms with E-state index >= 15 is 0 Å². The number of hydrogen-bond donors (Lipinski definition) is 0. The average Bonchev–Trinajstić information content (AvgIpc) is 2.23. The highest BCUT2D eigenvalue weighted by atomic mass is 16.7. The van der Waals surface area contributed by atoms with Crippen LogP contribution in [0.4, 0.5) is 0 Å². The van der Waals surface area contributed by atoms with Crippen molar-refractivity contribution in [3.8, 4) is 0 Å². The maximum absolute atomic E-state index is 11.0. The van der Waals surface area contributed by atoms with Crippen LogP contribution in [-0.2, 0) is 33.3 Å². The molecule has 0 bridgehead atoms. The fourth-order valence-electron chi connectivity index (χ4n) is 0.744. The first-order chi connectivity index (χ1) is 7.51. The van der Waals surface area contributed by atoms with E-state index < -0.39 is 30.8 Å². The molecule has 0 aliphatic heterocycles. The van der Waals surface area contributed by atoms with Gasteiger partial charge in [-0.1, -0.05) is 0 Å². The molecule has 0 unspecified atom stereocenters. The minimum Gasteiger partial charge on any atom is -0.464 e. The molecule has 7 nitrogen and oxygen atoms in total. The van der Waals surface area contributed by atoms with Crippen LogP contribution in [0, 0.1) is 0 Å². The molecular weight excluding hydrogens is 220 g/mol. The summed E-state index contributed by atoms with van der Waals surface area (Å²) in [5.74, 6) is -2.29. The quantitative estimate of drug-likeness (QED) is 0.352. The summed E-state index contributed by atoms with van der Waals surface area (Å²) >= 11 is 0. The van der Waals surface area contributed by atoms with Crippen molar-refractivity contribution in [2.24, 2.45) is 0 Å². The molecule has 16 heavy (non-hydrogen) atoms. The predicted molar refractivity (Wildman–Crippen MR) is 50.2 cm³/mol. The monoisotopic (exact) mass is 234 g/mol. The van der Waals surface area contributed by atoms with Crippen molar-refractivity contribution < 1.29 is 33.3 Å². The third-order valence-electron chi connectivity index (χ3n) is 1.32. The Morgan fingerprint density at radius 1 is 1.25 bits per heavy atom. The first kappa shape index (κ1) is 14.4. The lowest BCUT2D eigenvalue weighted by molar-refractivity contribution is -0.201. The second-order valence-electron chi connectivity index (χ2n) is 2.58. The van der Waals surface area contributed by atoms with Gasteiger partial charge in [-0.2, -0.15) is 0 Å². The summed E-state index contributed by atoms with van der Waals surface area (Å²) in [7, 11) is 1.10. The van der Waals surface area contributed by atoms with E-state index in [1.54, 1.807) is 6.92 Å². The summed E-state index contributed by atoms with van der Waals surface area (Å²) in [6.07, 6.45) is -1.55. The van der Waals surface area contributed by atoms with E-state index in [4.69, 9.17) is 4.74 Å². The maximum atomic E-state index is 11.0. The lowest BCUT2D eigenvalue weighted by Crippen LogP contribution is -2.32. The Hall–Kier alpha value is -1.63. The van der Waals surface area contributed by atoms with Crippen molar-refractivity contribution in [2.75, 3.05) is 20.3 Å². The summed E-state index contributed by atoms with van der Waals surface area (Å²) in [5, 5.41) is 0. The molecule has 0 rings (SSSR count). The summed E-state index contributed by atoms with van der Waals surface area (Å²) in [6.45, 7) is 2.42. The first-order valence-corrected chi connectivity index (χ1v) is 4.53. The van der Waals surface area contributed by atoms with Crippen LogP contribution in [0.15, 0.2) is 0 Å². The summed E-state index contributed by atoms with van der Waals surface area (Å²) in [5.41, 5.74) is 0. The third kappa shape index (κ3) is 5.97. The smallest absolute Gasteiger partial charge is 0.376 e. The molecule has 0 aromatic rings. The highest BCUT2D eigenvalue weighted by Gasteiger charge is 2.24. The summed E-state index contributed by atoms with van der Waals surface area (Å²) in [4.78, 5) is 32.6. The Balaban J connectivity index is 4.16. The molecule has 0 saturated heterocycles. The fraction of sp³-hybridized carbons (Fsp3) is 0.667. The highest BCUT2D eigenvalue weighted by molar-refractivity contribution is 5.78. The van der Waals surface area contributed by atoms with Gasteiger partial charge in [0.1, 0.15) is 6.61 Å². The van der Waals surface area contributed by atoms with Gasteiger partial charge in [0.2, 0.25) is 0 Å². The number of esters is 3. The number of rotatable bonds is 6. The lowest BCUT2D eigenvalue weighted by Gasteiger charge is -2.14. The van der Waals surface area contributed by atoms with Crippen LogP contribution < -0.4 is 0 Å². The summed E-state index contributed by atoms with van der Waals surface area (Å²) in [6, 6.07) is 0. The maximum Gasteiger partial charge on any atom is 0.376 e. The Morgan fingerprint density at radius 2 is 1.88 bits per heavy atom. The van der Waals surface area contributed by atoms with Crippen molar-refractivity contribution in [1.82, 2.24) is 0 Å². The van der Waals surface area contributed by atoms with Crippen molar-refractivity contribution in [1.29, 1.82) is 0 Å². The molecule has 7 heteroatoms. The Morgan fingerprint density at radius 3 is 2.31 bits per heavy atom. The van der Waals surface area contributed by atoms with E-state index in [1.807, 2.05) is 0 Å². The van der Waals surface area contributed by atoms with Crippen molar-refractivity contribution in [3.63, 3.8) is 0 Å². The van der Waals surface area contributed by atoms with Crippen molar-refractivity contribution in [3.05, 3.63) is 0 Å². The normalized spacial score (nSPS) is 11.4. The average molecular weight is 234 g/mol. The van der Waals surface area contributed by atoms with Gasteiger partial charge in [-0.15, -0.1) is 0 Å². The highest BCUT2D eigenvalue weighted by Crippen LogP contribution is 1.99. The Labute approximate surface area is 92.6 Å². The summed E-state index contributed by atoms with van der Waals surface area (Å²) < 4.78 is 18.1. The van der Waals surface area contributed by atoms with Gasteiger partial charge >= 0.3 is 24.2 Å². The molecule has 0 heterocycles. The van der Waals surface area contributed by atoms with Gasteiger partial charge in [0.05, 0.1) is 13.7 Å². The van der Waals surface area contributed by atoms with Gasteiger partial charge in [-0.25, -0.2) is 9.59 Å². The molecule has 92 valence electrons. The number of carbonyl (C=O) groups excluding carboxylic acids is 3. The van der Waals surface area contributed by atoms with Gasteiger partial charge in [-0.05, 0) is 6.92 Å². The second kappa shape index (κ2) is 7.63. The molecule has 0 aromatic carbocycles. The molecule has 0 amide bonds. The molecule has 0 aliphatic rings. The number of methoxy groups -OCH3 is 1. The van der Waals surface area contributed by atoms with E-state index in [-0.39, 0.29) is 6.61 Å². The van der Waals surface area contributed by atoms with Gasteiger partial charge in [-0.3, -0.25) is 4.79 Å². The second-order valence-corrected chi connectivity index (χ2v) is 2.58. The van der Waals surface area contributed by atoms with Crippen LogP contribution in [0.2, 0.25) is 0 Å². The number of ether oxygens (including phenoxy) is 4. The molecule has 0 spiro atoms. The molecule has 0 aromatic heterocycles. The zero-order valence-electron chi connectivity index (χ0n) is 9.35. The minimum atomic E-state index is -1.55. The van der Waals surface area contributed by atoms with Gasteiger partial charge in [0.25, 0.3) is 0 Å². The van der Waals surface area contributed by atoms with Crippen LogP contribution in [-0.4, -0.2) is 44.5 Å². The topological polar surface area (TPSA) is 88.1 Å². The number of carbonyl (C=O) groups is 3. The van der Waals surface area contributed by atoms with Gasteiger partial charge < -0.3 is 18.9 Å². The Bertz CT molecular complexity index is 261. The van der Waals surface area contributed by atoms with Crippen LogP contribution in [0.25, 0.3) is 0 Å². The van der Waals surface area contributed by atoms with E-state index in [2.05, 4.69) is 14.2 Å². The van der Waals surface area contributed by atoms with Gasteiger partial charge in [0, 0.05) is 6.92 Å². The largest absolute Gasteiger partial charge is 0.464 e. The zero-order chi connectivity index (χ0) is 12.6. The third-order valence-corrected chi connectivity index (χ3v) is 1.32. The SMILES string of the molecule is CCOC(=O)CO[C@H](OC(C)=O)C(=O)OC. The van der Waals surface area contributed by atoms with Gasteiger partial charge in [0.15, 0.2) is 0 Å². The standard InChI is InChI=1S/C9H14O7/c1-4-14-7(11)5-15-9(8(12)13-3)16-6(2)10/h9H,4-5H2,1-3H3/t9-/m1/s1. The van der Waals surface area contributed by atoms with Crippen LogP contribution in [0.5, 0.6) is 0 Å². The molecule has 0 fully saturated rings. The van der Waals surface area contributed by atoms with Crippen molar-refractivity contribution >= 4 is 17.9 Å². The molecule has 0 radical (unpaired) electrons. The van der Waals surface area contributed by atoms with Crippen molar-refractivity contribution in [2.45, 2.75) is 20.1 Å². The molecule has 0 N–H and O–H groups in total. The van der Waals surface area contributed by atoms with E-state index in [0.29, 0.717) is 0 Å². The number of hydrogen-bond acceptors (Lipinski definition) is 7. The van der Waals surface area contributed by atoms with E-state index in [0.717, 1.165) is 14.0 Å². The predicted octanol–water partition coefficient (Wildman–Crippen LogP) is -0.372.